The third-order valence-electron chi connectivity index (χ3n) is 3.79. The summed E-state index contributed by atoms with van der Waals surface area (Å²) in [5, 5.41) is 13.3. The zero-order valence-electron chi connectivity index (χ0n) is 12.7. The van der Waals surface area contributed by atoms with Gasteiger partial charge in [0.2, 0.25) is 0 Å². The minimum atomic E-state index is -0.393. The monoisotopic (exact) mass is 357 g/mol. The lowest BCUT2D eigenvalue weighted by atomic mass is 10.0. The fourth-order valence-corrected chi connectivity index (χ4v) is 2.86. The Balaban J connectivity index is 1.77. The van der Waals surface area contributed by atoms with E-state index in [1.54, 1.807) is 7.11 Å². The molecule has 0 saturated carbocycles. The first kappa shape index (κ1) is 16.7. The lowest BCUT2D eigenvalue weighted by Crippen LogP contribution is -2.43. The minimum Gasteiger partial charge on any atom is -0.389 e. The van der Waals surface area contributed by atoms with Gasteiger partial charge in [-0.3, -0.25) is 0 Å². The quantitative estimate of drug-likeness (QED) is 0.815. The molecule has 2 N–H and O–H groups in total. The molecule has 1 unspecified atom stereocenters. The number of halogens is 1. The summed E-state index contributed by atoms with van der Waals surface area (Å²) in [5.41, 5.74) is 1.00. The van der Waals surface area contributed by atoms with Crippen LogP contribution in [0.15, 0.2) is 16.6 Å². The molecular weight excluding hydrogens is 334 g/mol. The molecule has 1 aliphatic rings. The van der Waals surface area contributed by atoms with Gasteiger partial charge in [0.15, 0.2) is 0 Å². The van der Waals surface area contributed by atoms with Crippen molar-refractivity contribution in [2.75, 3.05) is 38.7 Å². The second kappa shape index (κ2) is 8.08. The Morgan fingerprint density at radius 3 is 2.81 bits per heavy atom. The Morgan fingerprint density at radius 1 is 1.48 bits per heavy atom. The minimum absolute atomic E-state index is 0.393. The molecule has 118 valence electrons. The summed E-state index contributed by atoms with van der Waals surface area (Å²) < 4.78 is 6.00. The molecule has 2 rings (SSSR count). The molecule has 2 heterocycles. The summed E-state index contributed by atoms with van der Waals surface area (Å²) in [6, 6.07) is 4.49. The predicted molar refractivity (Wildman–Crippen MR) is 87.6 cm³/mol. The molecule has 5 nitrogen and oxygen atoms in total. The first-order valence-electron chi connectivity index (χ1n) is 7.37. The van der Waals surface area contributed by atoms with E-state index in [1.807, 2.05) is 19.1 Å². The van der Waals surface area contributed by atoms with Crippen molar-refractivity contribution >= 4 is 21.7 Å². The number of nitrogens with one attached hydrogen (secondary N) is 1. The maximum absolute atomic E-state index is 9.76. The van der Waals surface area contributed by atoms with Crippen molar-refractivity contribution in [1.82, 2.24) is 9.88 Å². The fraction of sp³-hybridized carbons (Fsp3) is 0.667. The van der Waals surface area contributed by atoms with E-state index in [2.05, 4.69) is 31.1 Å². The normalized spacial score (nSPS) is 18.7. The van der Waals surface area contributed by atoms with Gasteiger partial charge in [-0.05, 0) is 47.8 Å². The average Bonchev–Trinajstić information content (AvgIpc) is 2.45. The van der Waals surface area contributed by atoms with E-state index in [0.717, 1.165) is 41.9 Å². The number of nitrogens with zero attached hydrogens (tertiary/aromatic N) is 2. The summed E-state index contributed by atoms with van der Waals surface area (Å²) in [5.74, 6) is 0.938. The van der Waals surface area contributed by atoms with E-state index < -0.39 is 6.10 Å². The summed E-state index contributed by atoms with van der Waals surface area (Å²) in [7, 11) is 1.62. The first-order valence-corrected chi connectivity index (χ1v) is 8.17. The summed E-state index contributed by atoms with van der Waals surface area (Å²) in [6.45, 7) is 5.08. The van der Waals surface area contributed by atoms with Crippen LogP contribution in [0.5, 0.6) is 0 Å². The Labute approximate surface area is 134 Å². The van der Waals surface area contributed by atoms with Crippen molar-refractivity contribution in [3.63, 3.8) is 0 Å². The highest BCUT2D eigenvalue weighted by Crippen LogP contribution is 2.19. The Hall–Kier alpha value is -0.690. The number of piperidine rings is 1. The van der Waals surface area contributed by atoms with Crippen molar-refractivity contribution in [2.45, 2.75) is 31.9 Å². The zero-order chi connectivity index (χ0) is 15.2. The van der Waals surface area contributed by atoms with E-state index in [1.165, 1.54) is 0 Å². The average molecular weight is 358 g/mol. The zero-order valence-corrected chi connectivity index (χ0v) is 14.3. The topological polar surface area (TPSA) is 57.6 Å². The second-order valence-corrected chi connectivity index (χ2v) is 6.45. The van der Waals surface area contributed by atoms with Gasteiger partial charge in [-0.25, -0.2) is 4.98 Å². The standard InChI is InChI=1S/C15H24BrN3O2/c1-11-14(16)3-4-15(17-11)18-12-5-7-19(8-6-12)9-13(20)10-21-2/h3-4,12-13,20H,5-10H2,1-2H3,(H,17,18). The summed E-state index contributed by atoms with van der Waals surface area (Å²) >= 11 is 3.47. The van der Waals surface area contributed by atoms with Gasteiger partial charge in [0.1, 0.15) is 5.82 Å². The van der Waals surface area contributed by atoms with Crippen LogP contribution in [-0.2, 0) is 4.74 Å². The Bertz CT molecular complexity index is 451. The highest BCUT2D eigenvalue weighted by atomic mass is 79.9. The molecule has 0 amide bonds. The van der Waals surface area contributed by atoms with Crippen LogP contribution < -0.4 is 5.32 Å². The molecule has 6 heteroatoms. The van der Waals surface area contributed by atoms with Crippen LogP contribution in [0.4, 0.5) is 5.82 Å². The molecule has 0 aliphatic carbocycles. The molecule has 0 spiro atoms. The molecule has 0 aromatic carbocycles. The SMILES string of the molecule is COCC(O)CN1CCC(Nc2ccc(Br)c(C)n2)CC1. The molecule has 0 bridgehead atoms. The van der Waals surface area contributed by atoms with E-state index in [4.69, 9.17) is 4.74 Å². The van der Waals surface area contributed by atoms with Crippen molar-refractivity contribution in [3.8, 4) is 0 Å². The van der Waals surface area contributed by atoms with Gasteiger partial charge in [-0.2, -0.15) is 0 Å². The largest absolute Gasteiger partial charge is 0.389 e. The summed E-state index contributed by atoms with van der Waals surface area (Å²) in [6.07, 6.45) is 1.74. The van der Waals surface area contributed by atoms with Crippen LogP contribution >= 0.6 is 15.9 Å². The van der Waals surface area contributed by atoms with Crippen LogP contribution in [0.1, 0.15) is 18.5 Å². The van der Waals surface area contributed by atoms with Crippen LogP contribution in [0.25, 0.3) is 0 Å². The number of rotatable bonds is 6. The van der Waals surface area contributed by atoms with E-state index in [0.29, 0.717) is 19.2 Å². The number of hydrogen-bond donors (Lipinski definition) is 2. The number of aliphatic hydroxyl groups excluding tert-OH is 1. The van der Waals surface area contributed by atoms with Crippen molar-refractivity contribution < 1.29 is 9.84 Å². The third kappa shape index (κ3) is 5.21. The molecule has 1 aromatic rings. The molecule has 21 heavy (non-hydrogen) atoms. The molecule has 0 radical (unpaired) electrons. The molecule has 1 fully saturated rings. The third-order valence-corrected chi connectivity index (χ3v) is 4.63. The number of aliphatic hydroxyl groups is 1. The van der Waals surface area contributed by atoms with Gasteiger partial charge < -0.3 is 20.1 Å². The number of pyridine rings is 1. The number of aromatic nitrogens is 1. The van der Waals surface area contributed by atoms with Crippen molar-refractivity contribution in [1.29, 1.82) is 0 Å². The van der Waals surface area contributed by atoms with Gasteiger partial charge in [0, 0.05) is 37.3 Å². The Morgan fingerprint density at radius 2 is 2.19 bits per heavy atom. The highest BCUT2D eigenvalue weighted by molar-refractivity contribution is 9.10. The van der Waals surface area contributed by atoms with Crippen LogP contribution in [-0.4, -0.2) is 60.5 Å². The van der Waals surface area contributed by atoms with Crippen LogP contribution in [0, 0.1) is 6.92 Å². The number of ether oxygens (including phenoxy) is 1. The fourth-order valence-electron chi connectivity index (χ4n) is 2.64. The molecule has 1 aliphatic heterocycles. The lowest BCUT2D eigenvalue weighted by Gasteiger charge is -2.33. The van der Waals surface area contributed by atoms with Crippen LogP contribution in [0.2, 0.25) is 0 Å². The van der Waals surface area contributed by atoms with Gasteiger partial charge >= 0.3 is 0 Å². The summed E-state index contributed by atoms with van der Waals surface area (Å²) in [4.78, 5) is 6.82. The van der Waals surface area contributed by atoms with E-state index in [9.17, 15) is 5.11 Å². The van der Waals surface area contributed by atoms with E-state index >= 15 is 0 Å². The number of methoxy groups -OCH3 is 1. The van der Waals surface area contributed by atoms with E-state index in [-0.39, 0.29) is 0 Å². The van der Waals surface area contributed by atoms with Gasteiger partial charge in [0.25, 0.3) is 0 Å². The molecule has 1 atom stereocenters. The smallest absolute Gasteiger partial charge is 0.126 e. The molecular formula is C15H24BrN3O2. The predicted octanol–water partition coefficient (Wildman–Crippen LogP) is 2.04. The van der Waals surface area contributed by atoms with Crippen molar-refractivity contribution in [3.05, 3.63) is 22.3 Å². The number of anilines is 1. The van der Waals surface area contributed by atoms with Crippen LogP contribution in [0.3, 0.4) is 0 Å². The second-order valence-electron chi connectivity index (χ2n) is 5.59. The molecule has 1 aromatic heterocycles. The first-order chi connectivity index (χ1) is 10.1. The lowest BCUT2D eigenvalue weighted by molar-refractivity contribution is 0.0327. The van der Waals surface area contributed by atoms with Crippen molar-refractivity contribution in [2.24, 2.45) is 0 Å². The highest BCUT2D eigenvalue weighted by Gasteiger charge is 2.21. The maximum Gasteiger partial charge on any atom is 0.126 e. The Kier molecular flexibility index (Phi) is 6.41. The number of hydrogen-bond acceptors (Lipinski definition) is 5. The van der Waals surface area contributed by atoms with Gasteiger partial charge in [-0.15, -0.1) is 0 Å². The number of likely N-dealkylation sites (tertiary alicyclic amines) is 1. The number of aryl methyl sites for hydroxylation is 1. The van der Waals surface area contributed by atoms with Gasteiger partial charge in [-0.1, -0.05) is 0 Å². The van der Waals surface area contributed by atoms with Gasteiger partial charge in [0.05, 0.1) is 18.4 Å². The molecule has 1 saturated heterocycles. The number of β-amino-alcohol motifs (C(OH)–C–C–N with tert-alkyl or cyclic N) is 1. The maximum atomic E-state index is 9.76.